The maximum Gasteiger partial charge on any atom is 0.303 e. The van der Waals surface area contributed by atoms with Crippen molar-refractivity contribution in [3.05, 3.63) is 28.2 Å². The average molecular weight is 373 g/mol. The average Bonchev–Trinajstić information content (AvgIpc) is 2.90. The van der Waals surface area contributed by atoms with Crippen LogP contribution in [0.4, 0.5) is 5.69 Å². The number of benzene rings is 1. The van der Waals surface area contributed by atoms with Crippen molar-refractivity contribution in [2.75, 3.05) is 25.0 Å². The lowest BCUT2D eigenvalue weighted by molar-refractivity contribution is -0.141. The largest absolute Gasteiger partial charge is 0.481 e. The summed E-state index contributed by atoms with van der Waals surface area (Å²) < 4.78 is 0. The molecule has 8 heteroatoms. The molecule has 130 valence electrons. The fourth-order valence-electron chi connectivity index (χ4n) is 2.68. The molecule has 6 nitrogen and oxygen atoms in total. The quantitative estimate of drug-likeness (QED) is 0.778. The summed E-state index contributed by atoms with van der Waals surface area (Å²) in [6.45, 7) is 0.686. The number of aliphatic carboxylic acids is 1. The van der Waals surface area contributed by atoms with E-state index in [9.17, 15) is 14.4 Å². The number of carbonyl (C=O) groups is 3. The molecule has 1 saturated heterocycles. The number of halogens is 2. The maximum atomic E-state index is 12.6. The van der Waals surface area contributed by atoms with Crippen molar-refractivity contribution < 1.29 is 19.5 Å². The first kappa shape index (κ1) is 18.5. The Morgan fingerprint density at radius 1 is 1.38 bits per heavy atom. The number of carbonyl (C=O) groups excluding carboxylic acids is 2. The van der Waals surface area contributed by atoms with E-state index in [0.717, 1.165) is 0 Å². The molecule has 1 aromatic rings. The predicted octanol–water partition coefficient (Wildman–Crippen LogP) is 2.67. The molecule has 1 unspecified atom stereocenters. The molecule has 1 aliphatic rings. The molecule has 0 radical (unpaired) electrons. The third kappa shape index (κ3) is 4.19. The highest BCUT2D eigenvalue weighted by Crippen LogP contribution is 2.33. The molecule has 2 rings (SSSR count). The first-order valence-electron chi connectivity index (χ1n) is 7.54. The third-order valence-electron chi connectivity index (χ3n) is 3.96. The standard InChI is InChI=1S/C16H18Cl2N2O4/c1-19(7-2-3-14(21)22)15(23)11-6-8-20(16(11)24)13-9-10(17)4-5-12(13)18/h4-5,9,11H,2-3,6-8H2,1H3,(H,21,22). The number of anilines is 1. The van der Waals surface area contributed by atoms with Gasteiger partial charge >= 0.3 is 5.97 Å². The van der Waals surface area contributed by atoms with Gasteiger partial charge in [-0.3, -0.25) is 14.4 Å². The van der Waals surface area contributed by atoms with E-state index in [2.05, 4.69) is 0 Å². The molecule has 0 aliphatic carbocycles. The zero-order valence-electron chi connectivity index (χ0n) is 13.2. The molecule has 24 heavy (non-hydrogen) atoms. The van der Waals surface area contributed by atoms with Crippen molar-refractivity contribution in [2.45, 2.75) is 19.3 Å². The number of carboxylic acids is 1. The van der Waals surface area contributed by atoms with Crippen molar-refractivity contribution >= 4 is 46.7 Å². The Balaban J connectivity index is 2.04. The van der Waals surface area contributed by atoms with Crippen LogP contribution in [0, 0.1) is 5.92 Å². The topological polar surface area (TPSA) is 77.9 Å². The van der Waals surface area contributed by atoms with Crippen LogP contribution < -0.4 is 4.90 Å². The first-order valence-corrected chi connectivity index (χ1v) is 8.30. The van der Waals surface area contributed by atoms with E-state index < -0.39 is 11.9 Å². The van der Waals surface area contributed by atoms with Crippen molar-refractivity contribution in [1.29, 1.82) is 0 Å². The van der Waals surface area contributed by atoms with Gasteiger partial charge in [0, 0.05) is 31.6 Å². The highest BCUT2D eigenvalue weighted by atomic mass is 35.5. The van der Waals surface area contributed by atoms with Crippen LogP contribution in [0.5, 0.6) is 0 Å². The van der Waals surface area contributed by atoms with Crippen LogP contribution in [0.1, 0.15) is 19.3 Å². The van der Waals surface area contributed by atoms with E-state index in [0.29, 0.717) is 41.7 Å². The second kappa shape index (κ2) is 7.85. The molecule has 1 heterocycles. The number of nitrogens with zero attached hydrogens (tertiary/aromatic N) is 2. The zero-order valence-corrected chi connectivity index (χ0v) is 14.7. The lowest BCUT2D eigenvalue weighted by Gasteiger charge is -2.21. The molecule has 0 bridgehead atoms. The summed E-state index contributed by atoms with van der Waals surface area (Å²) >= 11 is 12.1. The predicted molar refractivity (Wildman–Crippen MR) is 91.4 cm³/mol. The minimum atomic E-state index is -0.908. The first-order chi connectivity index (χ1) is 11.3. The summed E-state index contributed by atoms with van der Waals surface area (Å²) in [5.74, 6) is -2.29. The molecule has 0 saturated carbocycles. The van der Waals surface area contributed by atoms with Gasteiger partial charge in [-0.1, -0.05) is 23.2 Å². The molecule has 1 atom stereocenters. The SMILES string of the molecule is CN(CCCC(=O)O)C(=O)C1CCN(c2cc(Cl)ccc2Cl)C1=O. The smallest absolute Gasteiger partial charge is 0.303 e. The molecule has 1 aliphatic heterocycles. The van der Waals surface area contributed by atoms with Gasteiger partial charge in [-0.2, -0.15) is 0 Å². The maximum absolute atomic E-state index is 12.6. The van der Waals surface area contributed by atoms with Crippen molar-refractivity contribution in [3.8, 4) is 0 Å². The molecule has 1 fully saturated rings. The van der Waals surface area contributed by atoms with Gasteiger partial charge in [-0.15, -0.1) is 0 Å². The minimum absolute atomic E-state index is 0.0134. The second-order valence-corrected chi connectivity index (χ2v) is 6.53. The van der Waals surface area contributed by atoms with Gasteiger partial charge in [0.1, 0.15) is 5.92 Å². The minimum Gasteiger partial charge on any atom is -0.481 e. The van der Waals surface area contributed by atoms with Crippen LogP contribution in [-0.4, -0.2) is 47.9 Å². The third-order valence-corrected chi connectivity index (χ3v) is 4.52. The van der Waals surface area contributed by atoms with Gasteiger partial charge in [0.15, 0.2) is 0 Å². The Bertz CT molecular complexity index is 665. The van der Waals surface area contributed by atoms with Crippen LogP contribution in [-0.2, 0) is 14.4 Å². The molecular weight excluding hydrogens is 355 g/mol. The number of hydrogen-bond donors (Lipinski definition) is 1. The van der Waals surface area contributed by atoms with Crippen molar-refractivity contribution in [1.82, 2.24) is 4.90 Å². The van der Waals surface area contributed by atoms with Gasteiger partial charge < -0.3 is 14.9 Å². The van der Waals surface area contributed by atoms with E-state index in [1.807, 2.05) is 0 Å². The highest BCUT2D eigenvalue weighted by Gasteiger charge is 2.39. The van der Waals surface area contributed by atoms with Gasteiger partial charge in [0.25, 0.3) is 0 Å². The Morgan fingerprint density at radius 3 is 2.75 bits per heavy atom. The van der Waals surface area contributed by atoms with Gasteiger partial charge in [-0.25, -0.2) is 0 Å². The van der Waals surface area contributed by atoms with Crippen LogP contribution in [0.2, 0.25) is 10.0 Å². The molecular formula is C16H18Cl2N2O4. The molecule has 0 spiro atoms. The lowest BCUT2D eigenvalue weighted by Crippen LogP contribution is -2.38. The summed E-state index contributed by atoms with van der Waals surface area (Å²) in [5, 5.41) is 9.50. The summed E-state index contributed by atoms with van der Waals surface area (Å²) in [5.41, 5.74) is 0.498. The van der Waals surface area contributed by atoms with Crippen LogP contribution in [0.25, 0.3) is 0 Å². The van der Waals surface area contributed by atoms with E-state index in [-0.39, 0.29) is 18.2 Å². The van der Waals surface area contributed by atoms with Crippen LogP contribution in [0.3, 0.4) is 0 Å². The Kier molecular flexibility index (Phi) is 6.07. The summed E-state index contributed by atoms with van der Waals surface area (Å²) in [6, 6.07) is 4.84. The number of hydrogen-bond acceptors (Lipinski definition) is 3. The number of carboxylic acid groups (broad SMARTS) is 1. The van der Waals surface area contributed by atoms with Crippen LogP contribution in [0.15, 0.2) is 18.2 Å². The van der Waals surface area contributed by atoms with Gasteiger partial charge in [0.05, 0.1) is 10.7 Å². The van der Waals surface area contributed by atoms with Crippen molar-refractivity contribution in [3.63, 3.8) is 0 Å². The molecule has 2 amide bonds. The monoisotopic (exact) mass is 372 g/mol. The fourth-order valence-corrected chi connectivity index (χ4v) is 3.07. The van der Waals surface area contributed by atoms with E-state index >= 15 is 0 Å². The molecule has 1 aromatic carbocycles. The Morgan fingerprint density at radius 2 is 2.08 bits per heavy atom. The van der Waals surface area contributed by atoms with Crippen molar-refractivity contribution in [2.24, 2.45) is 5.92 Å². The Hall–Kier alpha value is -1.79. The summed E-state index contributed by atoms with van der Waals surface area (Å²) in [6.07, 6.45) is 0.729. The Labute approximate surface area is 149 Å². The highest BCUT2D eigenvalue weighted by molar-refractivity contribution is 6.36. The fraction of sp³-hybridized carbons (Fsp3) is 0.438. The number of amides is 2. The normalized spacial score (nSPS) is 17.2. The summed E-state index contributed by atoms with van der Waals surface area (Å²) in [4.78, 5) is 38.4. The summed E-state index contributed by atoms with van der Waals surface area (Å²) in [7, 11) is 1.58. The molecule has 0 aromatic heterocycles. The second-order valence-electron chi connectivity index (χ2n) is 5.68. The zero-order chi connectivity index (χ0) is 17.9. The van der Waals surface area contributed by atoms with E-state index in [4.69, 9.17) is 28.3 Å². The van der Waals surface area contributed by atoms with E-state index in [1.165, 1.54) is 9.80 Å². The van der Waals surface area contributed by atoms with Crippen LogP contribution >= 0.6 is 23.2 Å². The molecule has 1 N–H and O–H groups in total. The van der Waals surface area contributed by atoms with Gasteiger partial charge in [0.2, 0.25) is 11.8 Å². The lowest BCUT2D eigenvalue weighted by atomic mass is 10.1. The van der Waals surface area contributed by atoms with Gasteiger partial charge in [-0.05, 0) is 31.0 Å². The number of rotatable bonds is 6. The van der Waals surface area contributed by atoms with E-state index in [1.54, 1.807) is 25.2 Å².